The van der Waals surface area contributed by atoms with Gasteiger partial charge >= 0.3 is 0 Å². The van der Waals surface area contributed by atoms with Crippen molar-refractivity contribution in [3.63, 3.8) is 0 Å². The van der Waals surface area contributed by atoms with Crippen LogP contribution in [0.1, 0.15) is 19.4 Å². The molecule has 3 heterocycles. The van der Waals surface area contributed by atoms with Crippen LogP contribution in [0.3, 0.4) is 0 Å². The highest BCUT2D eigenvalue weighted by atomic mass is 31.2. The minimum absolute atomic E-state index is 0.00195. The first-order valence-corrected chi connectivity index (χ1v) is 13.0. The Morgan fingerprint density at radius 3 is 2.47 bits per heavy atom. The molecule has 0 saturated carbocycles. The molecular weight excluding hydrogens is 451 g/mol. The summed E-state index contributed by atoms with van der Waals surface area (Å²) in [5, 5.41) is 17.6. The molecule has 0 bridgehead atoms. The van der Waals surface area contributed by atoms with Gasteiger partial charge in [0, 0.05) is 50.1 Å². The van der Waals surface area contributed by atoms with Gasteiger partial charge in [-0.1, -0.05) is 44.2 Å². The quantitative estimate of drug-likeness (QED) is 0.343. The monoisotopic (exact) mass is 480 g/mol. The van der Waals surface area contributed by atoms with Gasteiger partial charge in [0.05, 0.1) is 29.7 Å². The molecule has 2 aromatic rings. The number of allylic oxidation sites excluding steroid dienone is 2. The molecule has 10 heteroatoms. The van der Waals surface area contributed by atoms with Crippen LogP contribution in [0, 0.1) is 10.1 Å². The molecule has 0 N–H and O–H groups in total. The number of nitrogens with zero attached hydrogens (tertiary/aromatic N) is 6. The Hall–Kier alpha value is -3.00. The van der Waals surface area contributed by atoms with E-state index in [0.29, 0.717) is 32.0 Å². The fourth-order valence-electron chi connectivity index (χ4n) is 5.30. The van der Waals surface area contributed by atoms with E-state index in [4.69, 9.17) is 14.6 Å². The average Bonchev–Trinajstić information content (AvgIpc) is 3.25. The Balaban J connectivity index is 1.83. The van der Waals surface area contributed by atoms with E-state index in [2.05, 4.69) is 54.7 Å². The zero-order valence-corrected chi connectivity index (χ0v) is 20.8. The lowest BCUT2D eigenvalue weighted by molar-refractivity contribution is -0.384. The molecule has 2 aromatic carbocycles. The van der Waals surface area contributed by atoms with Gasteiger partial charge in [-0.2, -0.15) is 5.10 Å². The van der Waals surface area contributed by atoms with Crippen LogP contribution in [0.4, 0.5) is 17.1 Å². The van der Waals surface area contributed by atoms with E-state index in [9.17, 15) is 10.1 Å². The minimum Gasteiger partial charge on any atom is -0.379 e. The highest BCUT2D eigenvalue weighted by Gasteiger charge is 2.48. The fraction of sp³-hybridized carbons (Fsp3) is 0.375. The third kappa shape index (κ3) is 3.30. The molecule has 5 rings (SSSR count). The van der Waals surface area contributed by atoms with Gasteiger partial charge in [0.25, 0.3) is 5.69 Å². The van der Waals surface area contributed by atoms with Crippen LogP contribution in [-0.2, 0) is 10.2 Å². The number of likely N-dealkylation sites (N-methyl/N-ethyl adjacent to an activating group) is 1. The molecule has 3 aliphatic rings. The van der Waals surface area contributed by atoms with Gasteiger partial charge in [0.2, 0.25) is 0 Å². The largest absolute Gasteiger partial charge is 0.379 e. The van der Waals surface area contributed by atoms with E-state index in [0.717, 1.165) is 16.7 Å². The van der Waals surface area contributed by atoms with E-state index in [1.165, 1.54) is 11.6 Å². The van der Waals surface area contributed by atoms with Crippen LogP contribution in [0.5, 0.6) is 0 Å². The summed E-state index contributed by atoms with van der Waals surface area (Å²) in [6, 6.07) is 15.1. The van der Waals surface area contributed by atoms with Crippen molar-refractivity contribution in [2.75, 3.05) is 45.3 Å². The predicted octanol–water partition coefficient (Wildman–Crippen LogP) is 5.16. The molecule has 1 unspecified atom stereocenters. The van der Waals surface area contributed by atoms with Gasteiger partial charge in [0.1, 0.15) is 5.69 Å². The van der Waals surface area contributed by atoms with Crippen molar-refractivity contribution in [2.24, 2.45) is 9.85 Å². The number of rotatable bonds is 3. The Morgan fingerprint density at radius 2 is 1.76 bits per heavy atom. The van der Waals surface area contributed by atoms with Crippen LogP contribution >= 0.6 is 7.36 Å². The maximum absolute atomic E-state index is 11.9. The van der Waals surface area contributed by atoms with E-state index in [-0.39, 0.29) is 16.0 Å². The van der Waals surface area contributed by atoms with Crippen molar-refractivity contribution in [1.29, 1.82) is 0 Å². The summed E-state index contributed by atoms with van der Waals surface area (Å²) in [5.74, 6) is 0. The SMILES string of the molecule is CN1/C(=C2/C=NN(C)P2(=Nc2ccccc2[N+](=O)[O-])N2CCOCC2)C(C)(C)c2ccccc21. The number of morpholine rings is 1. The Kier molecular flexibility index (Phi) is 5.59. The van der Waals surface area contributed by atoms with Gasteiger partial charge in [-0.25, -0.2) is 14.2 Å². The summed E-state index contributed by atoms with van der Waals surface area (Å²) < 4.78 is 15.2. The first kappa shape index (κ1) is 22.8. The van der Waals surface area contributed by atoms with Crippen molar-refractivity contribution in [3.05, 3.63) is 75.2 Å². The first-order valence-electron chi connectivity index (χ1n) is 11.3. The topological polar surface area (TPSA) is 86.8 Å². The zero-order chi connectivity index (χ0) is 24.1. The molecule has 3 aliphatic heterocycles. The molecule has 0 aromatic heterocycles. The summed E-state index contributed by atoms with van der Waals surface area (Å²) >= 11 is 0. The maximum Gasteiger partial charge on any atom is 0.294 e. The molecular formula is C24H29N6O3P. The number of hydrazone groups is 1. The number of anilines is 1. The molecule has 1 atom stereocenters. The number of nitro benzene ring substituents is 1. The average molecular weight is 481 g/mol. The first-order chi connectivity index (χ1) is 16.3. The number of ether oxygens (including phenoxy) is 1. The summed E-state index contributed by atoms with van der Waals surface area (Å²) in [7, 11) is 1.33. The molecule has 0 amide bonds. The van der Waals surface area contributed by atoms with Crippen LogP contribution in [0.25, 0.3) is 0 Å². The second kappa shape index (κ2) is 8.34. The predicted molar refractivity (Wildman–Crippen MR) is 136 cm³/mol. The van der Waals surface area contributed by atoms with Crippen LogP contribution in [0.15, 0.2) is 69.4 Å². The lowest BCUT2D eigenvalue weighted by Crippen LogP contribution is -2.37. The molecule has 9 nitrogen and oxygen atoms in total. The number of benzene rings is 2. The molecule has 34 heavy (non-hydrogen) atoms. The van der Waals surface area contributed by atoms with Crippen molar-refractivity contribution in [2.45, 2.75) is 19.3 Å². The van der Waals surface area contributed by atoms with Crippen LogP contribution in [-0.4, -0.2) is 61.0 Å². The number of hydrogen-bond acceptors (Lipinski definition) is 6. The van der Waals surface area contributed by atoms with Gasteiger partial charge in [-0.15, -0.1) is 0 Å². The number of fused-ring (bicyclic) bond motifs is 1. The van der Waals surface area contributed by atoms with Crippen LogP contribution in [0.2, 0.25) is 0 Å². The summed E-state index contributed by atoms with van der Waals surface area (Å²) in [6.07, 6.45) is 1.92. The second-order valence-corrected chi connectivity index (χ2v) is 12.1. The Bertz CT molecular complexity index is 1260. The van der Waals surface area contributed by atoms with Gasteiger partial charge in [-0.3, -0.25) is 10.1 Å². The summed E-state index contributed by atoms with van der Waals surface area (Å²) in [6.45, 7) is 6.98. The van der Waals surface area contributed by atoms with Crippen molar-refractivity contribution < 1.29 is 9.66 Å². The summed E-state index contributed by atoms with van der Waals surface area (Å²) in [4.78, 5) is 13.7. The van der Waals surface area contributed by atoms with E-state index in [1.54, 1.807) is 18.2 Å². The van der Waals surface area contributed by atoms with Gasteiger partial charge in [0.15, 0.2) is 7.36 Å². The van der Waals surface area contributed by atoms with E-state index in [1.807, 2.05) is 18.0 Å². The number of hydrogen-bond donors (Lipinski definition) is 0. The highest BCUT2D eigenvalue weighted by molar-refractivity contribution is 7.67. The molecule has 0 aliphatic carbocycles. The Labute approximate surface area is 199 Å². The lowest BCUT2D eigenvalue weighted by Gasteiger charge is -2.41. The van der Waals surface area contributed by atoms with Crippen LogP contribution < -0.4 is 4.90 Å². The molecule has 0 spiro atoms. The summed E-state index contributed by atoms with van der Waals surface area (Å²) in [5.41, 5.74) is 3.62. The normalized spacial score (nSPS) is 26.1. The maximum atomic E-state index is 11.9. The molecule has 1 fully saturated rings. The van der Waals surface area contributed by atoms with Crippen molar-refractivity contribution in [1.82, 2.24) is 9.45 Å². The standard InChI is InChI=1S/C24H29N6O3P/c1-24(2)18-9-5-7-11-20(18)27(3)23(24)22-17-25-28(4)34(22,29-13-15-33-16-14-29)26-19-10-6-8-12-21(19)30(31)32/h5-12,17H,13-16H2,1-4H3/b23-22-. The third-order valence-corrected chi connectivity index (χ3v) is 10.5. The molecule has 1 saturated heterocycles. The molecule has 178 valence electrons. The lowest BCUT2D eigenvalue weighted by atomic mass is 9.84. The third-order valence-electron chi connectivity index (χ3n) is 6.89. The van der Waals surface area contributed by atoms with Gasteiger partial charge < -0.3 is 9.64 Å². The van der Waals surface area contributed by atoms with Crippen molar-refractivity contribution in [3.8, 4) is 0 Å². The zero-order valence-electron chi connectivity index (χ0n) is 19.9. The molecule has 0 radical (unpaired) electrons. The number of para-hydroxylation sites is 2. The fourth-order valence-corrected chi connectivity index (χ4v) is 8.96. The highest BCUT2D eigenvalue weighted by Crippen LogP contribution is 2.69. The van der Waals surface area contributed by atoms with E-state index >= 15 is 0 Å². The second-order valence-electron chi connectivity index (χ2n) is 9.15. The number of nitro groups is 1. The Morgan fingerprint density at radius 1 is 1.09 bits per heavy atom. The minimum atomic E-state index is -2.68. The van der Waals surface area contributed by atoms with Crippen molar-refractivity contribution >= 4 is 30.6 Å². The van der Waals surface area contributed by atoms with Gasteiger partial charge in [-0.05, 0) is 17.7 Å². The smallest absolute Gasteiger partial charge is 0.294 e. The van der Waals surface area contributed by atoms with E-state index < -0.39 is 7.36 Å².